The summed E-state index contributed by atoms with van der Waals surface area (Å²) in [7, 11) is 1.76. The number of carbonyl (C=O) groups is 1. The average molecular weight is 390 g/mol. The molecule has 1 heterocycles. The molecule has 1 aliphatic rings. The van der Waals surface area contributed by atoms with E-state index < -0.39 is 0 Å². The summed E-state index contributed by atoms with van der Waals surface area (Å²) in [6, 6.07) is 8.03. The van der Waals surface area contributed by atoms with E-state index >= 15 is 0 Å². The van der Waals surface area contributed by atoms with Crippen LogP contribution in [0.4, 0.5) is 0 Å². The predicted molar refractivity (Wildman–Crippen MR) is 114 cm³/mol. The number of carbonyl (C=O) groups excluding carboxylic acids is 1. The fourth-order valence-electron chi connectivity index (χ4n) is 3.36. The summed E-state index contributed by atoms with van der Waals surface area (Å²) in [5.41, 5.74) is 1.77. The van der Waals surface area contributed by atoms with Crippen LogP contribution in [0.1, 0.15) is 29.8 Å². The van der Waals surface area contributed by atoms with Crippen molar-refractivity contribution in [2.75, 3.05) is 53.0 Å². The van der Waals surface area contributed by atoms with Crippen molar-refractivity contribution in [2.45, 2.75) is 26.8 Å². The largest absolute Gasteiger partial charge is 0.379 e. The molecule has 1 fully saturated rings. The van der Waals surface area contributed by atoms with Crippen LogP contribution in [0.3, 0.4) is 0 Å². The molecule has 7 heteroatoms. The molecular weight excluding hydrogens is 354 g/mol. The van der Waals surface area contributed by atoms with E-state index in [4.69, 9.17) is 4.74 Å². The van der Waals surface area contributed by atoms with Gasteiger partial charge in [0.15, 0.2) is 5.96 Å². The summed E-state index contributed by atoms with van der Waals surface area (Å²) >= 11 is 0. The Morgan fingerprint density at radius 1 is 1.18 bits per heavy atom. The molecule has 7 nitrogen and oxygen atoms in total. The van der Waals surface area contributed by atoms with E-state index in [9.17, 15) is 4.79 Å². The molecule has 1 aliphatic heterocycles. The van der Waals surface area contributed by atoms with E-state index in [-0.39, 0.29) is 5.91 Å². The van der Waals surface area contributed by atoms with Crippen LogP contribution in [0.2, 0.25) is 0 Å². The first-order valence-electron chi connectivity index (χ1n) is 10.1. The fraction of sp³-hybridized carbons (Fsp3) is 0.619. The van der Waals surface area contributed by atoms with Crippen molar-refractivity contribution in [3.63, 3.8) is 0 Å². The first-order chi connectivity index (χ1) is 13.5. The lowest BCUT2D eigenvalue weighted by atomic mass is 10.0. The van der Waals surface area contributed by atoms with Crippen LogP contribution < -0.4 is 16.0 Å². The van der Waals surface area contributed by atoms with Crippen LogP contribution in [0, 0.1) is 12.8 Å². The van der Waals surface area contributed by atoms with Crippen LogP contribution >= 0.6 is 0 Å². The molecule has 1 atom stereocenters. The van der Waals surface area contributed by atoms with Crippen LogP contribution in [-0.2, 0) is 4.74 Å². The Balaban J connectivity index is 1.72. The quantitative estimate of drug-likeness (QED) is 0.354. The van der Waals surface area contributed by atoms with Gasteiger partial charge in [0.25, 0.3) is 5.91 Å². The molecule has 28 heavy (non-hydrogen) atoms. The highest BCUT2D eigenvalue weighted by Crippen LogP contribution is 2.12. The van der Waals surface area contributed by atoms with Crippen molar-refractivity contribution in [3.8, 4) is 0 Å². The van der Waals surface area contributed by atoms with Gasteiger partial charge in [-0.05, 0) is 25.0 Å². The number of rotatable bonds is 8. The maximum Gasteiger partial charge on any atom is 0.251 e. The van der Waals surface area contributed by atoms with Gasteiger partial charge in [-0.1, -0.05) is 31.5 Å². The van der Waals surface area contributed by atoms with Gasteiger partial charge < -0.3 is 20.7 Å². The Morgan fingerprint density at radius 3 is 2.54 bits per heavy atom. The number of morpholine rings is 1. The zero-order chi connectivity index (χ0) is 20.4. The molecular formula is C21H35N5O2. The first kappa shape index (κ1) is 22.2. The maximum absolute atomic E-state index is 12.2. The summed E-state index contributed by atoms with van der Waals surface area (Å²) < 4.78 is 5.47. The lowest BCUT2D eigenvalue weighted by Gasteiger charge is -2.37. The highest BCUT2D eigenvalue weighted by Gasteiger charge is 2.23. The van der Waals surface area contributed by atoms with Gasteiger partial charge in [0.05, 0.1) is 13.2 Å². The third kappa shape index (κ3) is 7.13. The van der Waals surface area contributed by atoms with Crippen molar-refractivity contribution in [1.29, 1.82) is 0 Å². The molecule has 156 valence electrons. The molecule has 0 aliphatic carbocycles. The number of ether oxygens (including phenoxy) is 1. The molecule has 1 aromatic rings. The summed E-state index contributed by atoms with van der Waals surface area (Å²) in [5.74, 6) is 1.24. The van der Waals surface area contributed by atoms with Crippen LogP contribution in [0.5, 0.6) is 0 Å². The number of hydrogen-bond donors (Lipinski definition) is 3. The molecule has 0 aromatic heterocycles. The number of nitrogens with zero attached hydrogens (tertiary/aromatic N) is 2. The fourth-order valence-corrected chi connectivity index (χ4v) is 3.36. The number of nitrogens with one attached hydrogen (secondary N) is 3. The van der Waals surface area contributed by atoms with E-state index in [2.05, 4.69) is 39.7 Å². The molecule has 0 saturated carbocycles. The van der Waals surface area contributed by atoms with Gasteiger partial charge in [-0.3, -0.25) is 14.7 Å². The van der Waals surface area contributed by atoms with Crippen molar-refractivity contribution in [2.24, 2.45) is 10.9 Å². The molecule has 1 amide bonds. The zero-order valence-electron chi connectivity index (χ0n) is 17.6. The second kappa shape index (κ2) is 11.7. The Bertz CT molecular complexity index is 641. The molecule has 3 N–H and O–H groups in total. The highest BCUT2D eigenvalue weighted by atomic mass is 16.5. The maximum atomic E-state index is 12.2. The summed E-state index contributed by atoms with van der Waals surface area (Å²) in [6.45, 7) is 12.0. The molecule has 1 unspecified atom stereocenters. The third-order valence-corrected chi connectivity index (χ3v) is 4.97. The minimum Gasteiger partial charge on any atom is -0.379 e. The van der Waals surface area contributed by atoms with Crippen LogP contribution in [-0.4, -0.2) is 75.8 Å². The van der Waals surface area contributed by atoms with E-state index in [1.54, 1.807) is 7.05 Å². The highest BCUT2D eigenvalue weighted by molar-refractivity contribution is 5.94. The number of benzene rings is 1. The summed E-state index contributed by atoms with van der Waals surface area (Å²) in [6.07, 6.45) is 0. The number of aliphatic imine (C=N–C) groups is 1. The van der Waals surface area contributed by atoms with Crippen LogP contribution in [0.25, 0.3) is 0 Å². The van der Waals surface area contributed by atoms with Crippen molar-refractivity contribution in [3.05, 3.63) is 35.4 Å². The van der Waals surface area contributed by atoms with E-state index in [1.165, 1.54) is 0 Å². The standard InChI is InChI=1S/C21H35N5O2/c1-16(2)19(26-10-12-28-13-11-26)15-25-21(22-4)24-9-8-23-20(27)18-7-5-6-17(3)14-18/h5-7,14,16,19H,8-13,15H2,1-4H3,(H,23,27)(H2,22,24,25). The average Bonchev–Trinajstić information content (AvgIpc) is 2.70. The Labute approximate surface area is 168 Å². The number of guanidine groups is 1. The number of aryl methyl sites for hydroxylation is 1. The van der Waals surface area contributed by atoms with Gasteiger partial charge in [0.2, 0.25) is 0 Å². The van der Waals surface area contributed by atoms with Gasteiger partial charge in [-0.15, -0.1) is 0 Å². The minimum absolute atomic E-state index is 0.0550. The summed E-state index contributed by atoms with van der Waals surface area (Å²) in [5, 5.41) is 9.62. The smallest absolute Gasteiger partial charge is 0.251 e. The van der Waals surface area contributed by atoms with Gasteiger partial charge in [0, 0.05) is 51.4 Å². The second-order valence-electron chi connectivity index (χ2n) is 7.46. The van der Waals surface area contributed by atoms with Crippen molar-refractivity contribution < 1.29 is 9.53 Å². The molecule has 0 bridgehead atoms. The normalized spacial score (nSPS) is 16.7. The van der Waals surface area contributed by atoms with Gasteiger partial charge >= 0.3 is 0 Å². The summed E-state index contributed by atoms with van der Waals surface area (Å²) in [4.78, 5) is 18.9. The molecule has 0 radical (unpaired) electrons. The Morgan fingerprint density at radius 2 is 1.89 bits per heavy atom. The number of hydrogen-bond acceptors (Lipinski definition) is 4. The minimum atomic E-state index is -0.0550. The van der Waals surface area contributed by atoms with Crippen molar-refractivity contribution in [1.82, 2.24) is 20.9 Å². The van der Waals surface area contributed by atoms with Gasteiger partial charge in [-0.25, -0.2) is 0 Å². The number of amides is 1. The predicted octanol–water partition coefficient (Wildman–Crippen LogP) is 1.25. The van der Waals surface area contributed by atoms with E-state index in [1.807, 2.05) is 31.2 Å². The molecule has 2 rings (SSSR count). The Hall–Kier alpha value is -2.12. The first-order valence-corrected chi connectivity index (χ1v) is 10.1. The monoisotopic (exact) mass is 389 g/mol. The zero-order valence-corrected chi connectivity index (χ0v) is 17.6. The lowest BCUT2D eigenvalue weighted by Crippen LogP contribution is -2.53. The lowest BCUT2D eigenvalue weighted by molar-refractivity contribution is 0.00752. The van der Waals surface area contributed by atoms with E-state index in [0.717, 1.165) is 44.4 Å². The molecule has 1 aromatic carbocycles. The van der Waals surface area contributed by atoms with Gasteiger partial charge in [-0.2, -0.15) is 0 Å². The SMILES string of the molecule is CN=C(NCCNC(=O)c1cccc(C)c1)NCC(C(C)C)N1CCOCC1. The molecule has 1 saturated heterocycles. The van der Waals surface area contributed by atoms with Crippen molar-refractivity contribution >= 4 is 11.9 Å². The Kier molecular flexibility index (Phi) is 9.23. The van der Waals surface area contributed by atoms with Crippen LogP contribution in [0.15, 0.2) is 29.3 Å². The van der Waals surface area contributed by atoms with Gasteiger partial charge in [0.1, 0.15) is 0 Å². The van der Waals surface area contributed by atoms with E-state index in [0.29, 0.717) is 30.6 Å². The molecule has 0 spiro atoms. The second-order valence-corrected chi connectivity index (χ2v) is 7.46. The topological polar surface area (TPSA) is 78.0 Å². The third-order valence-electron chi connectivity index (χ3n) is 4.97.